The van der Waals surface area contributed by atoms with E-state index in [9.17, 15) is 10.2 Å². The largest absolute Gasteiger partial charge is 0.394 e. The number of likely N-dealkylation sites (tertiary alicyclic amines) is 1. The summed E-state index contributed by atoms with van der Waals surface area (Å²) in [6.07, 6.45) is 2.72. The number of hydrogen-bond donors (Lipinski definition) is 3. The van der Waals surface area contributed by atoms with E-state index in [2.05, 4.69) is 52.7 Å². The molecule has 1 aliphatic heterocycles. The molecular formula is C27H36N2O2. The van der Waals surface area contributed by atoms with Gasteiger partial charge >= 0.3 is 0 Å². The van der Waals surface area contributed by atoms with E-state index >= 15 is 0 Å². The number of aliphatic hydroxyl groups excluding tert-OH is 2. The molecule has 0 spiro atoms. The van der Waals surface area contributed by atoms with Crippen LogP contribution >= 0.6 is 0 Å². The summed E-state index contributed by atoms with van der Waals surface area (Å²) in [6.45, 7) is 4.56. The average molecular weight is 421 g/mol. The lowest BCUT2D eigenvalue weighted by molar-refractivity contribution is 0.0545. The molecule has 4 heteroatoms. The van der Waals surface area contributed by atoms with Gasteiger partial charge in [0.25, 0.3) is 0 Å². The smallest absolute Gasteiger partial charge is 0.0841 e. The lowest BCUT2D eigenvalue weighted by Crippen LogP contribution is -2.33. The Morgan fingerprint density at radius 3 is 2.29 bits per heavy atom. The van der Waals surface area contributed by atoms with E-state index in [0.717, 1.165) is 49.2 Å². The number of fused-ring (bicyclic) bond motifs is 1. The molecule has 0 radical (unpaired) electrons. The highest BCUT2D eigenvalue weighted by atomic mass is 16.3. The second-order valence-electron chi connectivity index (χ2n) is 10.0. The van der Waals surface area contributed by atoms with Crippen molar-refractivity contribution >= 4 is 0 Å². The molecule has 31 heavy (non-hydrogen) atoms. The Labute approximate surface area is 186 Å². The number of hydrogen-bond acceptors (Lipinski definition) is 4. The Kier molecular flexibility index (Phi) is 6.42. The normalized spacial score (nSPS) is 32.0. The van der Waals surface area contributed by atoms with Crippen molar-refractivity contribution in [3.8, 4) is 0 Å². The lowest BCUT2D eigenvalue weighted by atomic mass is 9.81. The fourth-order valence-electron chi connectivity index (χ4n) is 6.44. The second-order valence-corrected chi connectivity index (χ2v) is 10.0. The highest BCUT2D eigenvalue weighted by Crippen LogP contribution is 2.51. The van der Waals surface area contributed by atoms with Crippen molar-refractivity contribution in [3.63, 3.8) is 0 Å². The fraction of sp³-hybridized carbons (Fsp3) is 0.556. The molecular weight excluding hydrogens is 384 g/mol. The Morgan fingerprint density at radius 1 is 0.935 bits per heavy atom. The minimum absolute atomic E-state index is 0.0323. The molecule has 0 amide bonds. The third kappa shape index (κ3) is 4.73. The van der Waals surface area contributed by atoms with Crippen LogP contribution in [0.5, 0.6) is 0 Å². The topological polar surface area (TPSA) is 55.7 Å². The monoisotopic (exact) mass is 420 g/mol. The van der Waals surface area contributed by atoms with E-state index in [1.54, 1.807) is 0 Å². The van der Waals surface area contributed by atoms with Gasteiger partial charge in [0.05, 0.1) is 12.7 Å². The molecule has 6 atom stereocenters. The van der Waals surface area contributed by atoms with Crippen molar-refractivity contribution < 1.29 is 10.2 Å². The van der Waals surface area contributed by atoms with Gasteiger partial charge < -0.3 is 15.5 Å². The summed E-state index contributed by atoms with van der Waals surface area (Å²) in [4.78, 5) is 2.62. The molecule has 1 heterocycles. The van der Waals surface area contributed by atoms with Gasteiger partial charge in [-0.3, -0.25) is 4.90 Å². The van der Waals surface area contributed by atoms with Crippen LogP contribution < -0.4 is 5.32 Å². The van der Waals surface area contributed by atoms with Crippen LogP contribution in [0, 0.1) is 23.7 Å². The Balaban J connectivity index is 1.08. The summed E-state index contributed by atoms with van der Waals surface area (Å²) < 4.78 is 0. The summed E-state index contributed by atoms with van der Waals surface area (Å²) in [7, 11) is 0. The fourth-order valence-corrected chi connectivity index (χ4v) is 6.44. The zero-order valence-corrected chi connectivity index (χ0v) is 18.3. The summed E-state index contributed by atoms with van der Waals surface area (Å²) in [6, 6.07) is 21.6. The first-order valence-corrected chi connectivity index (χ1v) is 12.1. The van der Waals surface area contributed by atoms with Crippen LogP contribution in [0.25, 0.3) is 0 Å². The van der Waals surface area contributed by atoms with E-state index in [1.807, 2.05) is 18.2 Å². The van der Waals surface area contributed by atoms with E-state index in [-0.39, 0.29) is 12.5 Å². The summed E-state index contributed by atoms with van der Waals surface area (Å²) in [5.74, 6) is 3.06. The standard InChI is InChI=1S/C27H36N2O2/c30-18-26(31)27(20-9-5-2-6-10-20)21-11-12-22(13-21)28-14-23-24-16-29(17-25(23)24)15-19-7-3-1-4-8-19/h1-10,21-28,30-31H,11-18H2. The van der Waals surface area contributed by atoms with Crippen LogP contribution in [0.1, 0.15) is 36.3 Å². The first-order chi connectivity index (χ1) is 15.2. The maximum atomic E-state index is 10.5. The van der Waals surface area contributed by atoms with Gasteiger partial charge in [0.15, 0.2) is 0 Å². The number of piperidine rings is 1. The molecule has 2 saturated carbocycles. The van der Waals surface area contributed by atoms with Gasteiger partial charge in [0.2, 0.25) is 0 Å². The molecule has 6 unspecified atom stereocenters. The van der Waals surface area contributed by atoms with E-state index in [4.69, 9.17) is 0 Å². The van der Waals surface area contributed by atoms with Crippen LogP contribution in [0.4, 0.5) is 0 Å². The van der Waals surface area contributed by atoms with Gasteiger partial charge in [-0.15, -0.1) is 0 Å². The number of nitrogens with one attached hydrogen (secondary N) is 1. The molecule has 3 N–H and O–H groups in total. The van der Waals surface area contributed by atoms with Crippen molar-refractivity contribution in [2.45, 2.75) is 43.9 Å². The zero-order chi connectivity index (χ0) is 21.2. The molecule has 5 rings (SSSR count). The van der Waals surface area contributed by atoms with Crippen molar-refractivity contribution in [3.05, 3.63) is 71.8 Å². The molecule has 3 aliphatic rings. The molecule has 2 aliphatic carbocycles. The number of benzene rings is 2. The molecule has 166 valence electrons. The quantitative estimate of drug-likeness (QED) is 0.583. The predicted octanol–water partition coefficient (Wildman–Crippen LogP) is 3.26. The van der Waals surface area contributed by atoms with Crippen molar-refractivity contribution in [2.75, 3.05) is 26.2 Å². The van der Waals surface area contributed by atoms with Crippen molar-refractivity contribution in [1.29, 1.82) is 0 Å². The van der Waals surface area contributed by atoms with Crippen LogP contribution in [0.3, 0.4) is 0 Å². The Hall–Kier alpha value is -1.72. The first-order valence-electron chi connectivity index (χ1n) is 12.1. The lowest BCUT2D eigenvalue weighted by Gasteiger charge is -2.28. The van der Waals surface area contributed by atoms with Crippen molar-refractivity contribution in [2.24, 2.45) is 23.7 Å². The maximum absolute atomic E-state index is 10.5. The predicted molar refractivity (Wildman–Crippen MR) is 124 cm³/mol. The van der Waals surface area contributed by atoms with Gasteiger partial charge in [0, 0.05) is 31.6 Å². The van der Waals surface area contributed by atoms with E-state index < -0.39 is 6.10 Å². The second kappa shape index (κ2) is 9.41. The summed E-state index contributed by atoms with van der Waals surface area (Å²) in [5.41, 5.74) is 2.58. The third-order valence-electron chi connectivity index (χ3n) is 8.11. The van der Waals surface area contributed by atoms with Crippen LogP contribution in [-0.2, 0) is 6.54 Å². The molecule has 0 aromatic heterocycles. The Morgan fingerprint density at radius 2 is 1.61 bits per heavy atom. The van der Waals surface area contributed by atoms with Crippen LogP contribution in [0.2, 0.25) is 0 Å². The van der Waals surface area contributed by atoms with E-state index in [0.29, 0.717) is 12.0 Å². The van der Waals surface area contributed by atoms with E-state index in [1.165, 1.54) is 25.1 Å². The minimum Gasteiger partial charge on any atom is -0.394 e. The van der Waals surface area contributed by atoms with Crippen LogP contribution in [-0.4, -0.2) is 53.5 Å². The van der Waals surface area contributed by atoms with Gasteiger partial charge in [0.1, 0.15) is 0 Å². The molecule has 1 saturated heterocycles. The number of aliphatic hydroxyl groups is 2. The van der Waals surface area contributed by atoms with Crippen LogP contribution in [0.15, 0.2) is 60.7 Å². The maximum Gasteiger partial charge on any atom is 0.0841 e. The molecule has 2 aromatic rings. The van der Waals surface area contributed by atoms with Gasteiger partial charge in [-0.05, 0) is 60.6 Å². The van der Waals surface area contributed by atoms with Gasteiger partial charge in [-0.25, -0.2) is 0 Å². The molecule has 3 fully saturated rings. The first kappa shape index (κ1) is 21.1. The molecule has 4 nitrogen and oxygen atoms in total. The Bertz CT molecular complexity index is 818. The van der Waals surface area contributed by atoms with Crippen molar-refractivity contribution in [1.82, 2.24) is 10.2 Å². The zero-order valence-electron chi connectivity index (χ0n) is 18.3. The average Bonchev–Trinajstić information content (AvgIpc) is 3.13. The minimum atomic E-state index is -0.676. The van der Waals surface area contributed by atoms with Gasteiger partial charge in [-0.2, -0.15) is 0 Å². The van der Waals surface area contributed by atoms with Gasteiger partial charge in [-0.1, -0.05) is 60.7 Å². The molecule has 2 aromatic carbocycles. The summed E-state index contributed by atoms with van der Waals surface area (Å²) in [5, 5.41) is 24.0. The number of rotatable bonds is 9. The number of nitrogens with zero attached hydrogens (tertiary/aromatic N) is 1. The highest BCUT2D eigenvalue weighted by molar-refractivity contribution is 5.22. The molecule has 0 bridgehead atoms. The SMILES string of the molecule is OCC(O)C(c1ccccc1)C1CCC(NCC2C3CN(Cc4ccccc4)CC23)C1. The highest BCUT2D eigenvalue weighted by Gasteiger charge is 2.55. The third-order valence-corrected chi connectivity index (χ3v) is 8.11. The summed E-state index contributed by atoms with van der Waals surface area (Å²) >= 11 is 0.